The van der Waals surface area contributed by atoms with Gasteiger partial charge in [0.1, 0.15) is 5.54 Å². The molecule has 2 rings (SSSR count). The number of nitrogens with zero attached hydrogens (tertiary/aromatic N) is 1. The number of hydrogen-bond donors (Lipinski definition) is 2. The van der Waals surface area contributed by atoms with Crippen LogP contribution in [0.25, 0.3) is 0 Å². The first-order valence-electron chi connectivity index (χ1n) is 5.67. The van der Waals surface area contributed by atoms with Gasteiger partial charge in [-0.3, -0.25) is 10.1 Å². The summed E-state index contributed by atoms with van der Waals surface area (Å²) in [7, 11) is 0. The van der Waals surface area contributed by atoms with Crippen LogP contribution >= 0.6 is 0 Å². The summed E-state index contributed by atoms with van der Waals surface area (Å²) in [6, 6.07) is 0.439. The van der Waals surface area contributed by atoms with Crippen LogP contribution in [0.1, 0.15) is 40.0 Å². The molecule has 1 saturated carbocycles. The van der Waals surface area contributed by atoms with Crippen LogP contribution in [0.5, 0.6) is 0 Å². The number of aliphatic imine (C=N–C) groups is 1. The van der Waals surface area contributed by atoms with Gasteiger partial charge in [-0.15, -0.1) is 0 Å². The molecule has 1 atom stereocenters. The van der Waals surface area contributed by atoms with Crippen molar-refractivity contribution in [2.45, 2.75) is 51.6 Å². The van der Waals surface area contributed by atoms with E-state index in [4.69, 9.17) is 0 Å². The summed E-state index contributed by atoms with van der Waals surface area (Å²) in [5.41, 5.74) is -0.470. The van der Waals surface area contributed by atoms with Gasteiger partial charge in [0.05, 0.1) is 6.04 Å². The zero-order chi connectivity index (χ0) is 11.1. The van der Waals surface area contributed by atoms with Crippen LogP contribution < -0.4 is 10.6 Å². The lowest BCUT2D eigenvalue weighted by molar-refractivity contribution is -0.123. The number of carbonyl (C=O) groups excluding carboxylic acids is 1. The van der Waals surface area contributed by atoms with Crippen LogP contribution in [0.15, 0.2) is 4.99 Å². The smallest absolute Gasteiger partial charge is 0.252 e. The SMILES string of the molecule is CC(C)CC1(C)NC(=NC2CC2)NC1=O. The van der Waals surface area contributed by atoms with E-state index in [1.165, 1.54) is 0 Å². The Balaban J connectivity index is 2.05. The molecular weight excluding hydrogens is 190 g/mol. The summed E-state index contributed by atoms with van der Waals surface area (Å²) in [5, 5.41) is 6.03. The Labute approximate surface area is 90.5 Å². The Morgan fingerprint density at radius 2 is 2.20 bits per heavy atom. The molecule has 2 fully saturated rings. The Morgan fingerprint density at radius 1 is 1.53 bits per heavy atom. The summed E-state index contributed by atoms with van der Waals surface area (Å²) in [5.74, 6) is 1.22. The average Bonchev–Trinajstić information content (AvgIpc) is 2.81. The van der Waals surface area contributed by atoms with Crippen LogP contribution in [0.3, 0.4) is 0 Å². The molecule has 1 amide bonds. The molecule has 2 N–H and O–H groups in total. The van der Waals surface area contributed by atoms with Gasteiger partial charge in [-0.1, -0.05) is 13.8 Å². The van der Waals surface area contributed by atoms with Gasteiger partial charge in [0.25, 0.3) is 5.91 Å². The number of amides is 1. The molecule has 1 aliphatic carbocycles. The first-order chi connectivity index (χ1) is 6.99. The predicted molar refractivity (Wildman–Crippen MR) is 59.6 cm³/mol. The van der Waals surface area contributed by atoms with Crippen molar-refractivity contribution < 1.29 is 4.79 Å². The Bertz CT molecular complexity index is 307. The van der Waals surface area contributed by atoms with E-state index in [-0.39, 0.29) is 5.91 Å². The minimum Gasteiger partial charge on any atom is -0.342 e. The fraction of sp³-hybridized carbons (Fsp3) is 0.818. The zero-order valence-electron chi connectivity index (χ0n) is 9.63. The number of nitrogens with one attached hydrogen (secondary N) is 2. The highest BCUT2D eigenvalue weighted by Crippen LogP contribution is 2.25. The summed E-state index contributed by atoms with van der Waals surface area (Å²) < 4.78 is 0. The van der Waals surface area contributed by atoms with Gasteiger partial charge in [0.2, 0.25) is 0 Å². The largest absolute Gasteiger partial charge is 0.342 e. The molecule has 0 aromatic carbocycles. The summed E-state index contributed by atoms with van der Waals surface area (Å²) in [6.45, 7) is 6.18. The van der Waals surface area contributed by atoms with Gasteiger partial charge >= 0.3 is 0 Å². The lowest BCUT2D eigenvalue weighted by Gasteiger charge is -2.22. The van der Waals surface area contributed by atoms with Crippen molar-refractivity contribution in [3.63, 3.8) is 0 Å². The topological polar surface area (TPSA) is 53.5 Å². The molecule has 2 aliphatic rings. The fourth-order valence-corrected chi connectivity index (χ4v) is 2.01. The van der Waals surface area contributed by atoms with Crippen molar-refractivity contribution in [2.75, 3.05) is 0 Å². The van der Waals surface area contributed by atoms with Crippen molar-refractivity contribution >= 4 is 11.9 Å². The quantitative estimate of drug-likeness (QED) is 0.729. The minimum absolute atomic E-state index is 0.0515. The molecule has 1 saturated heterocycles. The van der Waals surface area contributed by atoms with Gasteiger partial charge in [-0.05, 0) is 32.1 Å². The van der Waals surface area contributed by atoms with Crippen LogP contribution in [0, 0.1) is 5.92 Å². The van der Waals surface area contributed by atoms with Crippen molar-refractivity contribution in [1.82, 2.24) is 10.6 Å². The zero-order valence-corrected chi connectivity index (χ0v) is 9.63. The highest BCUT2D eigenvalue weighted by atomic mass is 16.2. The second-order valence-corrected chi connectivity index (χ2v) is 5.22. The van der Waals surface area contributed by atoms with E-state index in [0.717, 1.165) is 19.3 Å². The van der Waals surface area contributed by atoms with Gasteiger partial charge in [-0.2, -0.15) is 0 Å². The highest BCUT2D eigenvalue weighted by Gasteiger charge is 2.41. The van der Waals surface area contributed by atoms with Gasteiger partial charge in [0, 0.05) is 0 Å². The molecule has 15 heavy (non-hydrogen) atoms. The lowest BCUT2D eigenvalue weighted by atomic mass is 9.91. The van der Waals surface area contributed by atoms with E-state index in [0.29, 0.717) is 17.9 Å². The summed E-state index contributed by atoms with van der Waals surface area (Å²) >= 11 is 0. The molecule has 4 nitrogen and oxygen atoms in total. The Morgan fingerprint density at radius 3 is 2.73 bits per heavy atom. The minimum atomic E-state index is -0.470. The van der Waals surface area contributed by atoms with E-state index < -0.39 is 5.54 Å². The van der Waals surface area contributed by atoms with E-state index in [1.807, 2.05) is 6.92 Å². The first kappa shape index (κ1) is 10.5. The highest BCUT2D eigenvalue weighted by molar-refractivity contribution is 6.08. The molecule has 0 bridgehead atoms. The number of carbonyl (C=O) groups is 1. The standard InChI is InChI=1S/C11H19N3O/c1-7(2)6-11(3)9(15)13-10(14-11)12-8-4-5-8/h7-8H,4-6H2,1-3H3,(H2,12,13,14,15). The van der Waals surface area contributed by atoms with Gasteiger partial charge < -0.3 is 5.32 Å². The molecule has 84 valence electrons. The maximum absolute atomic E-state index is 11.8. The van der Waals surface area contributed by atoms with Gasteiger partial charge in [-0.25, -0.2) is 4.99 Å². The second-order valence-electron chi connectivity index (χ2n) is 5.22. The maximum Gasteiger partial charge on any atom is 0.252 e. The lowest BCUT2D eigenvalue weighted by Crippen LogP contribution is -2.44. The molecular formula is C11H19N3O. The Kier molecular flexibility index (Phi) is 2.44. The third kappa shape index (κ3) is 2.30. The second kappa shape index (κ2) is 3.51. The fourth-order valence-electron chi connectivity index (χ4n) is 2.01. The maximum atomic E-state index is 11.8. The molecule has 1 unspecified atom stereocenters. The Hall–Kier alpha value is -1.06. The van der Waals surface area contributed by atoms with Crippen molar-refractivity contribution in [3.8, 4) is 0 Å². The summed E-state index contributed by atoms with van der Waals surface area (Å²) in [4.78, 5) is 16.2. The van der Waals surface area contributed by atoms with E-state index in [9.17, 15) is 4.79 Å². The predicted octanol–water partition coefficient (Wildman–Crippen LogP) is 1.03. The molecule has 4 heteroatoms. The van der Waals surface area contributed by atoms with Crippen molar-refractivity contribution in [1.29, 1.82) is 0 Å². The molecule has 0 radical (unpaired) electrons. The normalized spacial score (nSPS) is 33.3. The first-order valence-corrected chi connectivity index (χ1v) is 5.67. The molecule has 0 aromatic heterocycles. The van der Waals surface area contributed by atoms with E-state index >= 15 is 0 Å². The average molecular weight is 209 g/mol. The molecule has 0 aromatic rings. The van der Waals surface area contributed by atoms with Crippen molar-refractivity contribution in [3.05, 3.63) is 0 Å². The monoisotopic (exact) mass is 209 g/mol. The number of guanidine groups is 1. The van der Waals surface area contributed by atoms with Gasteiger partial charge in [0.15, 0.2) is 5.96 Å². The molecule has 1 heterocycles. The molecule has 1 aliphatic heterocycles. The third-order valence-electron chi connectivity index (χ3n) is 2.80. The summed E-state index contributed by atoms with van der Waals surface area (Å²) in [6.07, 6.45) is 3.15. The van der Waals surface area contributed by atoms with Crippen LogP contribution in [-0.2, 0) is 4.79 Å². The molecule has 0 spiro atoms. The van der Waals surface area contributed by atoms with Crippen LogP contribution in [-0.4, -0.2) is 23.4 Å². The number of rotatable bonds is 3. The third-order valence-corrected chi connectivity index (χ3v) is 2.80. The van der Waals surface area contributed by atoms with Crippen LogP contribution in [0.2, 0.25) is 0 Å². The van der Waals surface area contributed by atoms with Crippen LogP contribution in [0.4, 0.5) is 0 Å². The van der Waals surface area contributed by atoms with E-state index in [1.54, 1.807) is 0 Å². The van der Waals surface area contributed by atoms with E-state index in [2.05, 4.69) is 29.5 Å². The number of hydrogen-bond acceptors (Lipinski definition) is 2. The van der Waals surface area contributed by atoms with Crippen molar-refractivity contribution in [2.24, 2.45) is 10.9 Å².